The summed E-state index contributed by atoms with van der Waals surface area (Å²) < 4.78 is 16.3. The fraction of sp³-hybridized carbons (Fsp3) is 0.400. The zero-order valence-electron chi connectivity index (χ0n) is 19.1. The molecule has 0 amide bonds. The van der Waals surface area contributed by atoms with Crippen LogP contribution in [0.25, 0.3) is 21.8 Å². The van der Waals surface area contributed by atoms with E-state index in [9.17, 15) is 4.39 Å². The van der Waals surface area contributed by atoms with Gasteiger partial charge in [-0.25, -0.2) is 14.4 Å². The first-order chi connectivity index (χ1) is 15.9. The summed E-state index contributed by atoms with van der Waals surface area (Å²) in [6.45, 7) is 6.41. The van der Waals surface area contributed by atoms with E-state index >= 15 is 0 Å². The molecule has 2 N–H and O–H groups in total. The second-order valence-corrected chi connectivity index (χ2v) is 9.62. The van der Waals surface area contributed by atoms with Gasteiger partial charge in [0.05, 0.1) is 5.52 Å². The maximum absolute atomic E-state index is 14.7. The number of fused-ring (bicyclic) bond motifs is 2. The summed E-state index contributed by atoms with van der Waals surface area (Å²) in [5, 5.41) is 13.0. The predicted molar refractivity (Wildman–Crippen MR) is 130 cm³/mol. The second-order valence-electron chi connectivity index (χ2n) is 9.62. The zero-order chi connectivity index (χ0) is 22.7. The lowest BCUT2D eigenvalue weighted by Gasteiger charge is -2.38. The smallest absolute Gasteiger partial charge is 0.153 e. The molecule has 1 saturated carbocycles. The Kier molecular flexibility index (Phi) is 4.72. The van der Waals surface area contributed by atoms with Gasteiger partial charge in [-0.3, -0.25) is 4.68 Å². The van der Waals surface area contributed by atoms with Crippen molar-refractivity contribution in [2.45, 2.75) is 44.7 Å². The Hall–Kier alpha value is -3.26. The third-order valence-corrected chi connectivity index (χ3v) is 6.63. The Balaban J connectivity index is 1.43. The van der Waals surface area contributed by atoms with Crippen molar-refractivity contribution < 1.29 is 4.39 Å². The van der Waals surface area contributed by atoms with Gasteiger partial charge in [-0.15, -0.1) is 0 Å². The maximum Gasteiger partial charge on any atom is 0.153 e. The number of piperazine rings is 1. The van der Waals surface area contributed by atoms with Crippen molar-refractivity contribution >= 4 is 39.0 Å². The number of rotatable bonds is 4. The van der Waals surface area contributed by atoms with Crippen molar-refractivity contribution in [2.75, 3.05) is 23.3 Å². The minimum atomic E-state index is -0.347. The van der Waals surface area contributed by atoms with E-state index in [-0.39, 0.29) is 5.82 Å². The van der Waals surface area contributed by atoms with Gasteiger partial charge in [0.1, 0.15) is 17.7 Å². The van der Waals surface area contributed by atoms with Crippen molar-refractivity contribution in [3.63, 3.8) is 0 Å². The van der Waals surface area contributed by atoms with Crippen LogP contribution in [0, 0.1) is 5.82 Å². The van der Waals surface area contributed by atoms with Gasteiger partial charge in [0.15, 0.2) is 5.82 Å². The summed E-state index contributed by atoms with van der Waals surface area (Å²) in [6, 6.07) is 8.77. The van der Waals surface area contributed by atoms with Gasteiger partial charge in [0.2, 0.25) is 0 Å². The molecule has 2 aliphatic rings. The molecule has 4 aromatic rings. The third kappa shape index (κ3) is 3.78. The van der Waals surface area contributed by atoms with Gasteiger partial charge in [0, 0.05) is 60.6 Å². The Morgan fingerprint density at radius 1 is 1.06 bits per heavy atom. The fourth-order valence-corrected chi connectivity index (χ4v) is 5.16. The number of anilines is 3. The molecule has 33 heavy (non-hydrogen) atoms. The van der Waals surface area contributed by atoms with Crippen molar-refractivity contribution in [1.29, 1.82) is 0 Å². The lowest BCUT2D eigenvalue weighted by molar-refractivity contribution is 0.407. The van der Waals surface area contributed by atoms with Crippen LogP contribution in [0.2, 0.25) is 0 Å². The molecule has 1 saturated heterocycles. The molecule has 8 heteroatoms. The number of halogens is 1. The Morgan fingerprint density at radius 3 is 2.61 bits per heavy atom. The summed E-state index contributed by atoms with van der Waals surface area (Å²) >= 11 is 0. The number of aryl methyl sites for hydroxylation is 1. The standard InChI is InChI=1S/C25H28FN7/c1-14-10-33(11-15(2)29-14)19-8-20(16-4-5-16)23-22(9-19)27-13-28-25(23)30-18-6-17-12-32(3)31-24(17)21(26)7-18/h6-9,12-16,29H,4-5,10-11H2,1-3H3,(H,27,28,30)/t14-,15-/m1/s1. The van der Waals surface area contributed by atoms with E-state index in [0.717, 1.165) is 35.2 Å². The predicted octanol–water partition coefficient (Wildman–Crippen LogP) is 4.46. The molecule has 3 heterocycles. The van der Waals surface area contributed by atoms with E-state index in [1.165, 1.54) is 30.2 Å². The van der Waals surface area contributed by atoms with Crippen LogP contribution in [0.1, 0.15) is 38.2 Å². The SMILES string of the molecule is C[C@@H]1CN(c2cc(C3CC3)c3c(Nc4cc(F)c5nn(C)cc5c4)ncnc3c2)C[C@@H](C)N1. The molecule has 0 unspecified atom stereocenters. The highest BCUT2D eigenvalue weighted by molar-refractivity contribution is 5.97. The Labute approximate surface area is 192 Å². The molecule has 2 atom stereocenters. The number of hydrogen-bond acceptors (Lipinski definition) is 6. The van der Waals surface area contributed by atoms with Crippen LogP contribution >= 0.6 is 0 Å². The molecule has 0 spiro atoms. The summed E-state index contributed by atoms with van der Waals surface area (Å²) in [7, 11) is 1.80. The first-order valence-electron chi connectivity index (χ1n) is 11.6. The molecule has 2 fully saturated rings. The lowest BCUT2D eigenvalue weighted by atomic mass is 10.0. The second kappa shape index (κ2) is 7.66. The number of aromatic nitrogens is 4. The van der Waals surface area contributed by atoms with E-state index in [1.54, 1.807) is 18.1 Å². The number of nitrogens with zero attached hydrogens (tertiary/aromatic N) is 5. The van der Waals surface area contributed by atoms with Crippen LogP contribution in [0.15, 0.2) is 36.8 Å². The molecular weight excluding hydrogens is 417 g/mol. The van der Waals surface area contributed by atoms with Crippen molar-refractivity contribution in [2.24, 2.45) is 7.05 Å². The number of benzene rings is 2. The van der Waals surface area contributed by atoms with Crippen LogP contribution in [0.5, 0.6) is 0 Å². The minimum absolute atomic E-state index is 0.347. The first kappa shape index (κ1) is 20.4. The highest BCUT2D eigenvalue weighted by Crippen LogP contribution is 2.46. The molecule has 2 aromatic heterocycles. The van der Waals surface area contributed by atoms with Crippen LogP contribution < -0.4 is 15.5 Å². The van der Waals surface area contributed by atoms with E-state index in [1.807, 2.05) is 12.3 Å². The van der Waals surface area contributed by atoms with E-state index in [2.05, 4.69) is 56.6 Å². The normalized spacial score (nSPS) is 21.2. The van der Waals surface area contributed by atoms with Gasteiger partial charge in [0.25, 0.3) is 0 Å². The van der Waals surface area contributed by atoms with Crippen molar-refractivity contribution in [1.82, 2.24) is 25.1 Å². The van der Waals surface area contributed by atoms with E-state index in [4.69, 9.17) is 0 Å². The first-order valence-corrected chi connectivity index (χ1v) is 11.6. The quantitative estimate of drug-likeness (QED) is 0.483. The van der Waals surface area contributed by atoms with Gasteiger partial charge in [-0.2, -0.15) is 5.10 Å². The molecule has 170 valence electrons. The number of nitrogens with one attached hydrogen (secondary N) is 2. The molecule has 0 bridgehead atoms. The van der Waals surface area contributed by atoms with Crippen molar-refractivity contribution in [3.05, 3.63) is 48.2 Å². The lowest BCUT2D eigenvalue weighted by Crippen LogP contribution is -2.54. The average Bonchev–Trinajstić information content (AvgIpc) is 3.54. The minimum Gasteiger partial charge on any atom is -0.368 e. The highest BCUT2D eigenvalue weighted by Gasteiger charge is 2.29. The van der Waals surface area contributed by atoms with Crippen molar-refractivity contribution in [3.8, 4) is 0 Å². The van der Waals surface area contributed by atoms with Crippen LogP contribution in [0.3, 0.4) is 0 Å². The fourth-order valence-electron chi connectivity index (χ4n) is 5.16. The summed E-state index contributed by atoms with van der Waals surface area (Å²) in [6.07, 6.45) is 5.77. The Morgan fingerprint density at radius 2 is 1.85 bits per heavy atom. The molecule has 7 nitrogen and oxygen atoms in total. The van der Waals surface area contributed by atoms with Gasteiger partial charge in [-0.05, 0) is 62.4 Å². The zero-order valence-corrected chi connectivity index (χ0v) is 19.1. The average molecular weight is 446 g/mol. The molecule has 1 aliphatic carbocycles. The monoisotopic (exact) mass is 445 g/mol. The topological polar surface area (TPSA) is 70.9 Å². The Bertz CT molecular complexity index is 1350. The summed E-state index contributed by atoms with van der Waals surface area (Å²) in [5.74, 6) is 0.896. The van der Waals surface area contributed by atoms with Crippen LogP contribution in [-0.2, 0) is 7.05 Å². The summed E-state index contributed by atoms with van der Waals surface area (Å²) in [5.41, 5.74) is 4.46. The van der Waals surface area contributed by atoms with Crippen LogP contribution in [-0.4, -0.2) is 44.9 Å². The van der Waals surface area contributed by atoms with E-state index in [0.29, 0.717) is 29.2 Å². The highest BCUT2D eigenvalue weighted by atomic mass is 19.1. The van der Waals surface area contributed by atoms with Gasteiger partial charge < -0.3 is 15.5 Å². The largest absolute Gasteiger partial charge is 0.368 e. The molecule has 1 aliphatic heterocycles. The molecular formula is C25H28FN7. The number of hydrogen-bond donors (Lipinski definition) is 2. The maximum atomic E-state index is 14.7. The molecule has 0 radical (unpaired) electrons. The van der Waals surface area contributed by atoms with Gasteiger partial charge >= 0.3 is 0 Å². The van der Waals surface area contributed by atoms with Gasteiger partial charge in [-0.1, -0.05) is 0 Å². The molecule has 6 rings (SSSR count). The molecule has 2 aromatic carbocycles. The van der Waals surface area contributed by atoms with Crippen LogP contribution in [0.4, 0.5) is 21.6 Å². The third-order valence-electron chi connectivity index (χ3n) is 6.63. The van der Waals surface area contributed by atoms with E-state index < -0.39 is 0 Å². The summed E-state index contributed by atoms with van der Waals surface area (Å²) in [4.78, 5) is 11.7.